The third-order valence-corrected chi connectivity index (χ3v) is 1.82. The molecule has 0 unspecified atom stereocenters. The van der Waals surface area contributed by atoms with E-state index in [1.807, 2.05) is 6.92 Å². The van der Waals surface area contributed by atoms with Crippen LogP contribution in [0.2, 0.25) is 0 Å². The van der Waals surface area contributed by atoms with E-state index in [2.05, 4.69) is 22.2 Å². The minimum absolute atomic E-state index is 0.577. The quantitative estimate of drug-likeness (QED) is 0.683. The molecule has 1 N–H and O–H groups in total. The lowest BCUT2D eigenvalue weighted by Crippen LogP contribution is -2.11. The van der Waals surface area contributed by atoms with E-state index in [4.69, 9.17) is 9.47 Å². The van der Waals surface area contributed by atoms with Gasteiger partial charge in [0, 0.05) is 25.4 Å². The molecule has 0 saturated carbocycles. The topological polar surface area (TPSA) is 56.3 Å². The summed E-state index contributed by atoms with van der Waals surface area (Å²) < 4.78 is 10.6. The van der Waals surface area contributed by atoms with E-state index in [0.717, 1.165) is 13.0 Å². The first-order valence-corrected chi connectivity index (χ1v) is 5.64. The molecule has 0 aliphatic carbocycles. The Balaban J connectivity index is 2.35. The lowest BCUT2D eigenvalue weighted by atomic mass is 10.5. The number of aromatic nitrogens is 2. The van der Waals surface area contributed by atoms with Gasteiger partial charge in [-0.3, -0.25) is 0 Å². The van der Waals surface area contributed by atoms with Gasteiger partial charge in [-0.2, -0.15) is 4.98 Å². The van der Waals surface area contributed by atoms with Crippen molar-refractivity contribution in [1.29, 1.82) is 0 Å². The molecule has 5 nitrogen and oxygen atoms in total. The van der Waals surface area contributed by atoms with E-state index >= 15 is 0 Å². The Kier molecular flexibility index (Phi) is 6.25. The Labute approximate surface area is 96.2 Å². The van der Waals surface area contributed by atoms with Crippen LogP contribution in [0.3, 0.4) is 0 Å². The van der Waals surface area contributed by atoms with Crippen LogP contribution in [0.1, 0.15) is 20.3 Å². The molecule has 0 aromatic carbocycles. The molecule has 1 rings (SSSR count). The van der Waals surface area contributed by atoms with Crippen LogP contribution < -0.4 is 10.1 Å². The van der Waals surface area contributed by atoms with Crippen LogP contribution in [0.15, 0.2) is 12.3 Å². The normalized spacial score (nSPS) is 10.1. The van der Waals surface area contributed by atoms with Crippen molar-refractivity contribution in [3.05, 3.63) is 12.3 Å². The highest BCUT2D eigenvalue weighted by molar-refractivity contribution is 5.27. The van der Waals surface area contributed by atoms with Gasteiger partial charge in [-0.1, -0.05) is 6.92 Å². The Morgan fingerprint density at radius 2 is 2.19 bits per heavy atom. The van der Waals surface area contributed by atoms with Gasteiger partial charge in [-0.15, -0.1) is 0 Å². The molecule has 0 amide bonds. The van der Waals surface area contributed by atoms with Crippen molar-refractivity contribution in [2.75, 3.05) is 31.7 Å². The molecule has 1 heterocycles. The molecule has 0 saturated heterocycles. The minimum atomic E-state index is 0.577. The predicted molar refractivity (Wildman–Crippen MR) is 62.8 cm³/mol. The SMILES string of the molecule is CCCOc1ccnc(NCCOCC)n1. The van der Waals surface area contributed by atoms with E-state index in [1.165, 1.54) is 0 Å². The second kappa shape index (κ2) is 7.87. The molecule has 0 atom stereocenters. The summed E-state index contributed by atoms with van der Waals surface area (Å²) in [6.07, 6.45) is 2.65. The molecular weight excluding hydrogens is 206 g/mol. The van der Waals surface area contributed by atoms with Gasteiger partial charge in [0.1, 0.15) is 0 Å². The van der Waals surface area contributed by atoms with Gasteiger partial charge < -0.3 is 14.8 Å². The number of rotatable bonds is 8. The Bertz CT molecular complexity index is 294. The average Bonchev–Trinajstić information content (AvgIpc) is 2.33. The van der Waals surface area contributed by atoms with Crippen LogP contribution in [-0.4, -0.2) is 36.3 Å². The smallest absolute Gasteiger partial charge is 0.226 e. The molecular formula is C11H19N3O2. The first kappa shape index (κ1) is 12.7. The minimum Gasteiger partial charge on any atom is -0.478 e. The first-order valence-electron chi connectivity index (χ1n) is 5.64. The van der Waals surface area contributed by atoms with E-state index < -0.39 is 0 Å². The number of nitrogens with zero attached hydrogens (tertiary/aromatic N) is 2. The summed E-state index contributed by atoms with van der Waals surface area (Å²) in [5.74, 6) is 1.18. The lowest BCUT2D eigenvalue weighted by Gasteiger charge is -2.07. The van der Waals surface area contributed by atoms with E-state index in [0.29, 0.717) is 31.6 Å². The average molecular weight is 225 g/mol. The number of anilines is 1. The molecule has 0 aliphatic rings. The second-order valence-corrected chi connectivity index (χ2v) is 3.19. The monoisotopic (exact) mass is 225 g/mol. The van der Waals surface area contributed by atoms with Gasteiger partial charge in [-0.25, -0.2) is 4.98 Å². The maximum Gasteiger partial charge on any atom is 0.226 e. The van der Waals surface area contributed by atoms with Crippen molar-refractivity contribution in [3.8, 4) is 5.88 Å². The fourth-order valence-corrected chi connectivity index (χ4v) is 1.09. The van der Waals surface area contributed by atoms with Crippen molar-refractivity contribution >= 4 is 5.95 Å². The van der Waals surface area contributed by atoms with E-state index in [-0.39, 0.29) is 0 Å². The van der Waals surface area contributed by atoms with Crippen molar-refractivity contribution in [1.82, 2.24) is 9.97 Å². The zero-order chi connectivity index (χ0) is 11.6. The van der Waals surface area contributed by atoms with Gasteiger partial charge in [0.05, 0.1) is 13.2 Å². The highest BCUT2D eigenvalue weighted by atomic mass is 16.5. The lowest BCUT2D eigenvalue weighted by molar-refractivity contribution is 0.158. The summed E-state index contributed by atoms with van der Waals surface area (Å²) in [5.41, 5.74) is 0. The Morgan fingerprint density at radius 3 is 2.94 bits per heavy atom. The van der Waals surface area contributed by atoms with Gasteiger partial charge >= 0.3 is 0 Å². The first-order chi connectivity index (χ1) is 7.86. The molecule has 0 spiro atoms. The van der Waals surface area contributed by atoms with Crippen LogP contribution in [0, 0.1) is 0 Å². The summed E-state index contributed by atoms with van der Waals surface area (Å²) in [4.78, 5) is 8.30. The molecule has 0 aliphatic heterocycles. The Morgan fingerprint density at radius 1 is 1.31 bits per heavy atom. The van der Waals surface area contributed by atoms with Crippen LogP contribution in [0.25, 0.3) is 0 Å². The van der Waals surface area contributed by atoms with E-state index in [1.54, 1.807) is 12.3 Å². The van der Waals surface area contributed by atoms with Crippen LogP contribution in [-0.2, 0) is 4.74 Å². The van der Waals surface area contributed by atoms with Gasteiger partial charge in [0.15, 0.2) is 0 Å². The summed E-state index contributed by atoms with van der Waals surface area (Å²) in [6.45, 7) is 6.78. The van der Waals surface area contributed by atoms with E-state index in [9.17, 15) is 0 Å². The molecule has 0 fully saturated rings. The maximum absolute atomic E-state index is 5.40. The molecule has 0 bridgehead atoms. The third kappa shape index (κ3) is 4.93. The largest absolute Gasteiger partial charge is 0.478 e. The standard InChI is InChI=1S/C11H19N3O2/c1-3-8-16-10-5-6-12-11(14-10)13-7-9-15-4-2/h5-6H,3-4,7-9H2,1-2H3,(H,12,13,14). The van der Waals surface area contributed by atoms with Gasteiger partial charge in [0.25, 0.3) is 0 Å². The van der Waals surface area contributed by atoms with Gasteiger partial charge in [0.2, 0.25) is 11.8 Å². The predicted octanol–water partition coefficient (Wildman–Crippen LogP) is 1.71. The fraction of sp³-hybridized carbons (Fsp3) is 0.636. The molecule has 5 heteroatoms. The maximum atomic E-state index is 5.40. The van der Waals surface area contributed by atoms with Crippen LogP contribution >= 0.6 is 0 Å². The van der Waals surface area contributed by atoms with Crippen LogP contribution in [0.5, 0.6) is 5.88 Å². The molecule has 90 valence electrons. The second-order valence-electron chi connectivity index (χ2n) is 3.19. The van der Waals surface area contributed by atoms with Crippen molar-refractivity contribution in [2.45, 2.75) is 20.3 Å². The van der Waals surface area contributed by atoms with Crippen molar-refractivity contribution in [3.63, 3.8) is 0 Å². The van der Waals surface area contributed by atoms with Crippen molar-refractivity contribution in [2.24, 2.45) is 0 Å². The number of nitrogens with one attached hydrogen (secondary N) is 1. The Hall–Kier alpha value is -1.36. The molecule has 1 aromatic heterocycles. The van der Waals surface area contributed by atoms with Gasteiger partial charge in [-0.05, 0) is 13.3 Å². The number of ether oxygens (including phenoxy) is 2. The molecule has 0 radical (unpaired) electrons. The molecule has 16 heavy (non-hydrogen) atoms. The number of hydrogen-bond acceptors (Lipinski definition) is 5. The summed E-state index contributed by atoms with van der Waals surface area (Å²) in [5, 5.41) is 3.07. The summed E-state index contributed by atoms with van der Waals surface area (Å²) in [7, 11) is 0. The highest BCUT2D eigenvalue weighted by Crippen LogP contribution is 2.08. The fourth-order valence-electron chi connectivity index (χ4n) is 1.09. The third-order valence-electron chi connectivity index (χ3n) is 1.82. The molecule has 1 aromatic rings. The highest BCUT2D eigenvalue weighted by Gasteiger charge is 1.98. The summed E-state index contributed by atoms with van der Waals surface area (Å²) in [6, 6.07) is 1.75. The zero-order valence-corrected chi connectivity index (χ0v) is 9.90. The van der Waals surface area contributed by atoms with Crippen molar-refractivity contribution < 1.29 is 9.47 Å². The van der Waals surface area contributed by atoms with Crippen LogP contribution in [0.4, 0.5) is 5.95 Å². The number of hydrogen-bond donors (Lipinski definition) is 1. The summed E-state index contributed by atoms with van der Waals surface area (Å²) >= 11 is 0. The zero-order valence-electron chi connectivity index (χ0n) is 9.90.